The van der Waals surface area contributed by atoms with Crippen LogP contribution >= 0.6 is 0 Å². The minimum absolute atomic E-state index is 0.101. The zero-order valence-corrected chi connectivity index (χ0v) is 19.0. The normalized spacial score (nSPS) is 22.9. The van der Waals surface area contributed by atoms with E-state index in [4.69, 9.17) is 14.2 Å². The molecule has 35 heavy (non-hydrogen) atoms. The minimum atomic E-state index is -0.673. The molecule has 2 fully saturated rings. The number of fused-ring (bicyclic) bond motifs is 2. The Hall–Kier alpha value is -3.95. The van der Waals surface area contributed by atoms with E-state index in [9.17, 15) is 14.4 Å². The van der Waals surface area contributed by atoms with E-state index >= 15 is 0 Å². The maximum atomic E-state index is 12.7. The van der Waals surface area contributed by atoms with Gasteiger partial charge >= 0.3 is 12.1 Å². The van der Waals surface area contributed by atoms with E-state index in [1.807, 2.05) is 42.5 Å². The number of ketones is 1. The summed E-state index contributed by atoms with van der Waals surface area (Å²) in [7, 11) is 0. The van der Waals surface area contributed by atoms with Crippen LogP contribution in [0.5, 0.6) is 0 Å². The molecule has 2 saturated heterocycles. The molecule has 0 aliphatic carbocycles. The largest absolute Gasteiger partial charge is 0.441 e. The third-order valence-electron chi connectivity index (χ3n) is 6.14. The number of benzene rings is 3. The number of ether oxygens (including phenoxy) is 3. The second-order valence-corrected chi connectivity index (χ2v) is 8.53. The lowest BCUT2D eigenvalue weighted by Gasteiger charge is -2.18. The summed E-state index contributed by atoms with van der Waals surface area (Å²) in [6.07, 6.45) is -2.23. The molecule has 2 aliphatic heterocycles. The average Bonchev–Trinajstić information content (AvgIpc) is 3.42. The summed E-state index contributed by atoms with van der Waals surface area (Å²) in [6, 6.07) is 19.4. The maximum absolute atomic E-state index is 12.7. The van der Waals surface area contributed by atoms with Crippen LogP contribution in [0.25, 0.3) is 10.8 Å². The molecule has 0 radical (unpaired) electrons. The first kappa shape index (κ1) is 22.8. The van der Waals surface area contributed by atoms with Crippen molar-refractivity contribution in [1.29, 1.82) is 0 Å². The molecule has 2 heterocycles. The fraction of sp³-hybridized carbons (Fsp3) is 0.269. The SMILES string of the molecule is CC(=O)c1cccc(NC(=O)O[C@H]2CO[C@@H]3[C@@H]2OC[C@@H]3NC(=O)Nc2cccc3ccccc23)c1. The summed E-state index contributed by atoms with van der Waals surface area (Å²) in [6.45, 7) is 1.84. The lowest BCUT2D eigenvalue weighted by molar-refractivity contribution is 0.00873. The second-order valence-electron chi connectivity index (χ2n) is 8.53. The lowest BCUT2D eigenvalue weighted by atomic mass is 10.1. The lowest BCUT2D eigenvalue weighted by Crippen LogP contribution is -2.46. The average molecular weight is 476 g/mol. The Labute approximate surface area is 201 Å². The van der Waals surface area contributed by atoms with Gasteiger partial charge in [-0.3, -0.25) is 10.1 Å². The molecular weight excluding hydrogens is 450 g/mol. The predicted molar refractivity (Wildman–Crippen MR) is 130 cm³/mol. The maximum Gasteiger partial charge on any atom is 0.412 e. The molecule has 180 valence electrons. The number of nitrogens with one attached hydrogen (secondary N) is 3. The van der Waals surface area contributed by atoms with E-state index < -0.39 is 24.4 Å². The van der Waals surface area contributed by atoms with E-state index in [1.54, 1.807) is 24.3 Å². The molecule has 0 unspecified atom stereocenters. The number of hydrogen-bond acceptors (Lipinski definition) is 6. The van der Waals surface area contributed by atoms with Gasteiger partial charge in [-0.2, -0.15) is 0 Å². The van der Waals surface area contributed by atoms with Crippen LogP contribution in [-0.2, 0) is 14.2 Å². The monoisotopic (exact) mass is 475 g/mol. The van der Waals surface area contributed by atoms with E-state index in [2.05, 4.69) is 16.0 Å². The Morgan fingerprint density at radius 1 is 0.886 bits per heavy atom. The first-order valence-electron chi connectivity index (χ1n) is 11.3. The molecule has 2 aliphatic rings. The van der Waals surface area contributed by atoms with Gasteiger partial charge in [0.25, 0.3) is 0 Å². The van der Waals surface area contributed by atoms with Crippen molar-refractivity contribution in [3.8, 4) is 0 Å². The van der Waals surface area contributed by atoms with Gasteiger partial charge in [0.15, 0.2) is 11.9 Å². The molecule has 0 bridgehead atoms. The van der Waals surface area contributed by atoms with E-state index in [0.29, 0.717) is 16.9 Å². The minimum Gasteiger partial charge on any atom is -0.441 e. The van der Waals surface area contributed by atoms with Crippen LogP contribution in [-0.4, -0.2) is 55.5 Å². The molecule has 0 spiro atoms. The summed E-state index contributed by atoms with van der Waals surface area (Å²) in [4.78, 5) is 36.6. The molecule has 3 aromatic rings. The van der Waals surface area contributed by atoms with Gasteiger partial charge in [0.2, 0.25) is 0 Å². The van der Waals surface area contributed by atoms with Gasteiger partial charge in [0.1, 0.15) is 12.2 Å². The van der Waals surface area contributed by atoms with Crippen molar-refractivity contribution in [3.63, 3.8) is 0 Å². The molecule has 3 amide bonds. The van der Waals surface area contributed by atoms with Crippen molar-refractivity contribution >= 4 is 40.1 Å². The summed E-state index contributed by atoms with van der Waals surface area (Å²) in [5.74, 6) is -0.101. The van der Waals surface area contributed by atoms with E-state index in [1.165, 1.54) is 6.92 Å². The van der Waals surface area contributed by atoms with Gasteiger partial charge < -0.3 is 24.8 Å². The van der Waals surface area contributed by atoms with Crippen LogP contribution in [0, 0.1) is 0 Å². The smallest absolute Gasteiger partial charge is 0.412 e. The van der Waals surface area contributed by atoms with Gasteiger partial charge in [0.05, 0.1) is 24.9 Å². The predicted octanol–water partition coefficient (Wildman–Crippen LogP) is 3.95. The molecule has 9 nitrogen and oxygen atoms in total. The van der Waals surface area contributed by atoms with Crippen molar-refractivity contribution in [2.75, 3.05) is 23.8 Å². The Bertz CT molecular complexity index is 1270. The number of Topliss-reactive ketones (excluding diaryl/α,β-unsaturated/α-hetero) is 1. The fourth-order valence-corrected chi connectivity index (χ4v) is 4.45. The standard InChI is InChI=1S/C26H25N3O6/c1-15(30)17-8-4-9-18(12-17)27-26(32)35-22-14-34-23-21(13-33-24(22)23)29-25(31)28-20-11-5-7-16-6-2-3-10-19(16)20/h2-12,21-24H,13-14H2,1H3,(H,27,32)(H2,28,29,31)/t21-,22-,23-,24+/m0/s1. The van der Waals surface area contributed by atoms with Crippen molar-refractivity contribution in [1.82, 2.24) is 5.32 Å². The summed E-state index contributed by atoms with van der Waals surface area (Å²) >= 11 is 0. The Balaban J connectivity index is 1.16. The Morgan fingerprint density at radius 3 is 2.51 bits per heavy atom. The number of carbonyl (C=O) groups is 3. The fourth-order valence-electron chi connectivity index (χ4n) is 4.45. The number of carbonyl (C=O) groups excluding carboxylic acids is 3. The zero-order chi connectivity index (χ0) is 24.4. The Kier molecular flexibility index (Phi) is 6.35. The van der Waals surface area contributed by atoms with Gasteiger partial charge in [-0.15, -0.1) is 0 Å². The van der Waals surface area contributed by atoms with Gasteiger partial charge in [-0.05, 0) is 30.5 Å². The first-order valence-corrected chi connectivity index (χ1v) is 11.3. The molecule has 4 atom stereocenters. The van der Waals surface area contributed by atoms with Crippen LogP contribution < -0.4 is 16.0 Å². The number of anilines is 2. The number of amides is 3. The number of hydrogen-bond donors (Lipinski definition) is 3. The van der Waals surface area contributed by atoms with Crippen LogP contribution in [0.3, 0.4) is 0 Å². The number of urea groups is 1. The van der Waals surface area contributed by atoms with E-state index in [-0.39, 0.29) is 31.1 Å². The van der Waals surface area contributed by atoms with Crippen molar-refractivity contribution in [3.05, 3.63) is 72.3 Å². The second kappa shape index (κ2) is 9.73. The summed E-state index contributed by atoms with van der Waals surface area (Å²) < 4.78 is 17.1. The topological polar surface area (TPSA) is 115 Å². The van der Waals surface area contributed by atoms with Crippen molar-refractivity contribution in [2.45, 2.75) is 31.3 Å². The van der Waals surface area contributed by atoms with Crippen LogP contribution in [0.2, 0.25) is 0 Å². The van der Waals surface area contributed by atoms with Gasteiger partial charge in [0, 0.05) is 16.6 Å². The van der Waals surface area contributed by atoms with Gasteiger partial charge in [-0.25, -0.2) is 9.59 Å². The highest BCUT2D eigenvalue weighted by atomic mass is 16.6. The molecule has 9 heteroatoms. The van der Waals surface area contributed by atoms with Gasteiger partial charge in [-0.1, -0.05) is 48.5 Å². The van der Waals surface area contributed by atoms with Crippen LogP contribution in [0.4, 0.5) is 21.0 Å². The summed E-state index contributed by atoms with van der Waals surface area (Å²) in [5.41, 5.74) is 1.65. The molecular formula is C26H25N3O6. The quantitative estimate of drug-likeness (QED) is 0.482. The van der Waals surface area contributed by atoms with Crippen LogP contribution in [0.15, 0.2) is 66.7 Å². The highest BCUT2D eigenvalue weighted by molar-refractivity contribution is 6.01. The molecule has 0 aromatic heterocycles. The molecule has 5 rings (SSSR count). The van der Waals surface area contributed by atoms with Crippen molar-refractivity contribution < 1.29 is 28.6 Å². The third-order valence-corrected chi connectivity index (χ3v) is 6.14. The Morgan fingerprint density at radius 2 is 1.66 bits per heavy atom. The highest BCUT2D eigenvalue weighted by Gasteiger charge is 2.50. The zero-order valence-electron chi connectivity index (χ0n) is 19.0. The van der Waals surface area contributed by atoms with Crippen molar-refractivity contribution in [2.24, 2.45) is 0 Å². The van der Waals surface area contributed by atoms with Crippen LogP contribution in [0.1, 0.15) is 17.3 Å². The third kappa shape index (κ3) is 4.96. The van der Waals surface area contributed by atoms with E-state index in [0.717, 1.165) is 10.8 Å². The highest BCUT2D eigenvalue weighted by Crippen LogP contribution is 2.30. The first-order chi connectivity index (χ1) is 17.0. The number of rotatable bonds is 5. The molecule has 3 N–H and O–H groups in total. The summed E-state index contributed by atoms with van der Waals surface area (Å²) in [5, 5.41) is 10.4. The molecule has 0 saturated carbocycles. The molecule has 3 aromatic carbocycles.